The third-order valence-corrected chi connectivity index (χ3v) is 6.30. The smallest absolute Gasteiger partial charge is 0.265 e. The Bertz CT molecular complexity index is 859. The molecule has 2 unspecified atom stereocenters. The first kappa shape index (κ1) is 17.0. The molecule has 2 amide bonds. The first-order valence-electron chi connectivity index (χ1n) is 8.04. The SMILES string of the molecule is O=C(NCc1ccco1)C1CSC(c2ccoc2)N1C(=O)c1cccs1. The molecule has 0 aliphatic carbocycles. The number of thioether (sulfide) groups is 1. The Morgan fingerprint density at radius 3 is 2.85 bits per heavy atom. The average Bonchev–Trinajstić information content (AvgIpc) is 3.44. The van der Waals surface area contributed by atoms with Crippen molar-refractivity contribution in [3.05, 3.63) is 70.7 Å². The summed E-state index contributed by atoms with van der Waals surface area (Å²) in [5, 5.41) is 4.47. The maximum Gasteiger partial charge on any atom is 0.265 e. The summed E-state index contributed by atoms with van der Waals surface area (Å²) in [5.74, 6) is 0.863. The van der Waals surface area contributed by atoms with Crippen molar-refractivity contribution in [2.24, 2.45) is 0 Å². The molecule has 8 heteroatoms. The van der Waals surface area contributed by atoms with Crippen LogP contribution in [-0.4, -0.2) is 28.5 Å². The van der Waals surface area contributed by atoms with Gasteiger partial charge in [0.2, 0.25) is 5.91 Å². The summed E-state index contributed by atoms with van der Waals surface area (Å²) in [5.41, 5.74) is 0.876. The van der Waals surface area contributed by atoms with E-state index in [1.54, 1.807) is 53.7 Å². The lowest BCUT2D eigenvalue weighted by molar-refractivity contribution is -0.125. The molecule has 1 aliphatic heterocycles. The lowest BCUT2D eigenvalue weighted by Gasteiger charge is -2.27. The number of amides is 2. The molecule has 1 aliphatic rings. The number of furan rings is 2. The minimum atomic E-state index is -0.551. The normalized spacial score (nSPS) is 19.6. The van der Waals surface area contributed by atoms with Gasteiger partial charge in [-0.3, -0.25) is 9.59 Å². The van der Waals surface area contributed by atoms with Crippen LogP contribution in [0.5, 0.6) is 0 Å². The molecule has 3 aromatic heterocycles. The quantitative estimate of drug-likeness (QED) is 0.724. The van der Waals surface area contributed by atoms with E-state index in [0.29, 0.717) is 22.9 Å². The van der Waals surface area contributed by atoms with Gasteiger partial charge >= 0.3 is 0 Å². The van der Waals surface area contributed by atoms with Gasteiger partial charge in [0.1, 0.15) is 17.2 Å². The zero-order valence-corrected chi connectivity index (χ0v) is 15.3. The maximum absolute atomic E-state index is 13.1. The number of nitrogens with zero attached hydrogens (tertiary/aromatic N) is 1. The van der Waals surface area contributed by atoms with Gasteiger partial charge in [0, 0.05) is 11.3 Å². The van der Waals surface area contributed by atoms with Gasteiger partial charge < -0.3 is 19.1 Å². The van der Waals surface area contributed by atoms with Crippen LogP contribution >= 0.6 is 23.1 Å². The predicted octanol–water partition coefficient (Wildman–Crippen LogP) is 3.51. The Morgan fingerprint density at radius 2 is 2.15 bits per heavy atom. The predicted molar refractivity (Wildman–Crippen MR) is 98.7 cm³/mol. The van der Waals surface area contributed by atoms with Crippen LogP contribution in [0.15, 0.2) is 63.3 Å². The van der Waals surface area contributed by atoms with Crippen LogP contribution in [-0.2, 0) is 11.3 Å². The second-order valence-corrected chi connectivity index (χ2v) is 7.81. The molecule has 0 saturated carbocycles. The van der Waals surface area contributed by atoms with E-state index in [1.807, 2.05) is 17.5 Å². The topological polar surface area (TPSA) is 75.7 Å². The summed E-state index contributed by atoms with van der Waals surface area (Å²) in [6, 6.07) is 8.46. The summed E-state index contributed by atoms with van der Waals surface area (Å²) in [6.07, 6.45) is 4.76. The largest absolute Gasteiger partial charge is 0.472 e. The van der Waals surface area contributed by atoms with E-state index >= 15 is 0 Å². The molecule has 1 saturated heterocycles. The van der Waals surface area contributed by atoms with Gasteiger partial charge in [0.15, 0.2) is 0 Å². The van der Waals surface area contributed by atoms with Crippen LogP contribution in [0, 0.1) is 0 Å². The molecule has 3 aromatic rings. The van der Waals surface area contributed by atoms with Crippen LogP contribution in [0.4, 0.5) is 0 Å². The standard InChI is InChI=1S/C18H16N2O4S2/c21-16(19-9-13-3-1-6-24-13)14-11-26-18(12-5-7-23-10-12)20(14)17(22)15-4-2-8-25-15/h1-8,10,14,18H,9,11H2,(H,19,21). The van der Waals surface area contributed by atoms with Crippen molar-refractivity contribution in [1.29, 1.82) is 0 Å². The first-order chi connectivity index (χ1) is 12.7. The molecule has 1 N–H and O–H groups in total. The van der Waals surface area contributed by atoms with E-state index in [2.05, 4.69) is 5.32 Å². The second kappa shape index (κ2) is 7.43. The summed E-state index contributed by atoms with van der Waals surface area (Å²) >= 11 is 2.93. The van der Waals surface area contributed by atoms with E-state index in [4.69, 9.17) is 8.83 Å². The van der Waals surface area contributed by atoms with Crippen molar-refractivity contribution in [2.45, 2.75) is 18.0 Å². The van der Waals surface area contributed by atoms with Gasteiger partial charge in [-0.05, 0) is 29.6 Å². The van der Waals surface area contributed by atoms with E-state index in [0.717, 1.165) is 5.56 Å². The molecular weight excluding hydrogens is 372 g/mol. The fourth-order valence-corrected chi connectivity index (χ4v) is 4.93. The number of hydrogen-bond donors (Lipinski definition) is 1. The number of rotatable bonds is 5. The van der Waals surface area contributed by atoms with E-state index in [9.17, 15) is 9.59 Å². The molecule has 4 heterocycles. The molecule has 0 aromatic carbocycles. The third kappa shape index (κ3) is 3.30. The molecule has 1 fully saturated rings. The molecule has 0 radical (unpaired) electrons. The average molecular weight is 388 g/mol. The Kier molecular flexibility index (Phi) is 4.85. The summed E-state index contributed by atoms with van der Waals surface area (Å²) < 4.78 is 10.4. The van der Waals surface area contributed by atoms with Gasteiger partial charge in [-0.25, -0.2) is 0 Å². The molecule has 2 atom stereocenters. The Labute approximate surface area is 158 Å². The highest BCUT2D eigenvalue weighted by Gasteiger charge is 2.43. The van der Waals surface area contributed by atoms with Crippen LogP contribution < -0.4 is 5.32 Å². The van der Waals surface area contributed by atoms with E-state index < -0.39 is 6.04 Å². The highest BCUT2D eigenvalue weighted by molar-refractivity contribution is 7.99. The highest BCUT2D eigenvalue weighted by atomic mass is 32.2. The lowest BCUT2D eigenvalue weighted by Crippen LogP contribution is -2.47. The van der Waals surface area contributed by atoms with Crippen LogP contribution in [0.1, 0.15) is 26.4 Å². The second-order valence-electron chi connectivity index (χ2n) is 5.75. The van der Waals surface area contributed by atoms with Crippen molar-refractivity contribution in [2.75, 3.05) is 5.75 Å². The molecule has 0 bridgehead atoms. The van der Waals surface area contributed by atoms with Crippen LogP contribution in [0.3, 0.4) is 0 Å². The van der Waals surface area contributed by atoms with Gasteiger partial charge in [-0.1, -0.05) is 6.07 Å². The van der Waals surface area contributed by atoms with Gasteiger partial charge in [-0.15, -0.1) is 23.1 Å². The monoisotopic (exact) mass is 388 g/mol. The van der Waals surface area contributed by atoms with Crippen LogP contribution in [0.2, 0.25) is 0 Å². The number of carbonyl (C=O) groups excluding carboxylic acids is 2. The maximum atomic E-state index is 13.1. The minimum Gasteiger partial charge on any atom is -0.472 e. The van der Waals surface area contributed by atoms with Crippen molar-refractivity contribution in [3.63, 3.8) is 0 Å². The van der Waals surface area contributed by atoms with Crippen molar-refractivity contribution >= 4 is 34.9 Å². The van der Waals surface area contributed by atoms with Gasteiger partial charge in [-0.2, -0.15) is 0 Å². The number of nitrogens with one attached hydrogen (secondary N) is 1. The molecular formula is C18H16N2O4S2. The van der Waals surface area contributed by atoms with Crippen molar-refractivity contribution in [1.82, 2.24) is 10.2 Å². The molecule has 26 heavy (non-hydrogen) atoms. The zero-order valence-electron chi connectivity index (χ0n) is 13.7. The summed E-state index contributed by atoms with van der Waals surface area (Å²) in [7, 11) is 0. The zero-order chi connectivity index (χ0) is 17.9. The van der Waals surface area contributed by atoms with Crippen LogP contribution in [0.25, 0.3) is 0 Å². The highest BCUT2D eigenvalue weighted by Crippen LogP contribution is 2.42. The Balaban J connectivity index is 1.56. The van der Waals surface area contributed by atoms with Gasteiger partial charge in [0.25, 0.3) is 5.91 Å². The number of thiophene rings is 1. The number of carbonyl (C=O) groups is 2. The minimum absolute atomic E-state index is 0.144. The van der Waals surface area contributed by atoms with Gasteiger partial charge in [0.05, 0.1) is 30.2 Å². The first-order valence-corrected chi connectivity index (χ1v) is 9.97. The van der Waals surface area contributed by atoms with E-state index in [-0.39, 0.29) is 17.2 Å². The molecule has 134 valence electrons. The lowest BCUT2D eigenvalue weighted by atomic mass is 10.2. The number of hydrogen-bond acceptors (Lipinski definition) is 6. The molecule has 0 spiro atoms. The fraction of sp³-hybridized carbons (Fsp3) is 0.222. The fourth-order valence-electron chi connectivity index (χ4n) is 2.86. The Hall–Kier alpha value is -2.45. The van der Waals surface area contributed by atoms with Crippen molar-refractivity contribution in [3.8, 4) is 0 Å². The Morgan fingerprint density at radius 1 is 1.23 bits per heavy atom. The third-order valence-electron chi connectivity index (χ3n) is 4.11. The van der Waals surface area contributed by atoms with E-state index in [1.165, 1.54) is 11.3 Å². The van der Waals surface area contributed by atoms with Crippen molar-refractivity contribution < 1.29 is 18.4 Å². The summed E-state index contributed by atoms with van der Waals surface area (Å²) in [4.78, 5) is 28.1. The molecule has 6 nitrogen and oxygen atoms in total. The molecule has 4 rings (SSSR count). The summed E-state index contributed by atoms with van der Waals surface area (Å²) in [6.45, 7) is 0.296.